The number of aromatic nitrogens is 1. The van der Waals surface area contributed by atoms with E-state index in [1.807, 2.05) is 29.8 Å². The van der Waals surface area contributed by atoms with E-state index >= 15 is 0 Å². The SMILES string of the molecule is CCC(=O)c1cccn1CCOC. The second-order valence-electron chi connectivity index (χ2n) is 2.86. The fraction of sp³-hybridized carbons (Fsp3) is 0.500. The monoisotopic (exact) mass is 181 g/mol. The fourth-order valence-corrected chi connectivity index (χ4v) is 1.23. The summed E-state index contributed by atoms with van der Waals surface area (Å²) >= 11 is 0. The predicted octanol–water partition coefficient (Wildman–Crippen LogP) is 1.73. The zero-order valence-electron chi connectivity index (χ0n) is 8.12. The van der Waals surface area contributed by atoms with Gasteiger partial charge in [0, 0.05) is 26.3 Å². The first kappa shape index (κ1) is 9.99. The molecule has 0 atom stereocenters. The molecule has 0 bridgehead atoms. The molecule has 1 rings (SSSR count). The van der Waals surface area contributed by atoms with Crippen molar-refractivity contribution in [3.8, 4) is 0 Å². The third-order valence-corrected chi connectivity index (χ3v) is 1.97. The van der Waals surface area contributed by atoms with E-state index in [0.29, 0.717) is 13.0 Å². The summed E-state index contributed by atoms with van der Waals surface area (Å²) in [6.07, 6.45) is 2.46. The van der Waals surface area contributed by atoms with Crippen molar-refractivity contribution in [2.24, 2.45) is 0 Å². The molecule has 72 valence electrons. The average Bonchev–Trinajstić information content (AvgIpc) is 2.61. The summed E-state index contributed by atoms with van der Waals surface area (Å²) in [5.41, 5.74) is 0.777. The molecule has 1 heterocycles. The minimum absolute atomic E-state index is 0.182. The van der Waals surface area contributed by atoms with E-state index in [-0.39, 0.29) is 5.78 Å². The lowest BCUT2D eigenvalue weighted by molar-refractivity contribution is 0.0976. The Labute approximate surface area is 78.3 Å². The molecular formula is C10H15NO2. The van der Waals surface area contributed by atoms with Crippen LogP contribution in [0, 0.1) is 0 Å². The number of nitrogens with zero attached hydrogens (tertiary/aromatic N) is 1. The maximum Gasteiger partial charge on any atom is 0.178 e. The molecule has 0 saturated carbocycles. The van der Waals surface area contributed by atoms with Crippen LogP contribution in [0.25, 0.3) is 0 Å². The number of Topliss-reactive ketones (excluding diaryl/α,β-unsaturated/α-hetero) is 1. The van der Waals surface area contributed by atoms with Gasteiger partial charge in [0.25, 0.3) is 0 Å². The van der Waals surface area contributed by atoms with Crippen LogP contribution in [0.5, 0.6) is 0 Å². The van der Waals surface area contributed by atoms with Crippen molar-refractivity contribution >= 4 is 5.78 Å². The van der Waals surface area contributed by atoms with E-state index in [0.717, 1.165) is 12.2 Å². The first-order valence-electron chi connectivity index (χ1n) is 4.47. The Morgan fingerprint density at radius 2 is 2.38 bits per heavy atom. The van der Waals surface area contributed by atoms with Crippen molar-refractivity contribution < 1.29 is 9.53 Å². The molecule has 13 heavy (non-hydrogen) atoms. The highest BCUT2D eigenvalue weighted by molar-refractivity contribution is 5.94. The standard InChI is InChI=1S/C10H15NO2/c1-3-10(12)9-5-4-6-11(9)7-8-13-2/h4-6H,3,7-8H2,1-2H3. The van der Waals surface area contributed by atoms with Crippen LogP contribution in [0.1, 0.15) is 23.8 Å². The van der Waals surface area contributed by atoms with Crippen LogP contribution < -0.4 is 0 Å². The molecule has 0 unspecified atom stereocenters. The summed E-state index contributed by atoms with van der Waals surface area (Å²) in [6, 6.07) is 3.74. The van der Waals surface area contributed by atoms with Crippen LogP contribution in [0.3, 0.4) is 0 Å². The first-order chi connectivity index (χ1) is 6.29. The highest BCUT2D eigenvalue weighted by Crippen LogP contribution is 2.05. The van der Waals surface area contributed by atoms with Crippen LogP contribution in [0.15, 0.2) is 18.3 Å². The average molecular weight is 181 g/mol. The van der Waals surface area contributed by atoms with Crippen molar-refractivity contribution in [2.45, 2.75) is 19.9 Å². The Morgan fingerprint density at radius 3 is 3.00 bits per heavy atom. The molecule has 0 aliphatic carbocycles. The van der Waals surface area contributed by atoms with E-state index in [4.69, 9.17) is 4.74 Å². The van der Waals surface area contributed by atoms with Crippen molar-refractivity contribution in [3.05, 3.63) is 24.0 Å². The summed E-state index contributed by atoms with van der Waals surface area (Å²) in [7, 11) is 1.66. The molecule has 1 aromatic heterocycles. The highest BCUT2D eigenvalue weighted by Gasteiger charge is 2.07. The minimum atomic E-state index is 0.182. The summed E-state index contributed by atoms with van der Waals surface area (Å²) in [5.74, 6) is 0.182. The van der Waals surface area contributed by atoms with Crippen LogP contribution in [0.4, 0.5) is 0 Å². The summed E-state index contributed by atoms with van der Waals surface area (Å²) < 4.78 is 6.88. The third kappa shape index (κ3) is 2.42. The Bertz CT molecular complexity index is 278. The van der Waals surface area contributed by atoms with Crippen molar-refractivity contribution in [3.63, 3.8) is 0 Å². The van der Waals surface area contributed by atoms with Gasteiger partial charge in [-0.2, -0.15) is 0 Å². The molecule has 0 aromatic carbocycles. The molecule has 3 heteroatoms. The van der Waals surface area contributed by atoms with Crippen molar-refractivity contribution in [1.29, 1.82) is 0 Å². The van der Waals surface area contributed by atoms with Crippen LogP contribution in [0.2, 0.25) is 0 Å². The molecule has 1 aromatic rings. The fourth-order valence-electron chi connectivity index (χ4n) is 1.23. The molecule has 0 saturated heterocycles. The quantitative estimate of drug-likeness (QED) is 0.648. The summed E-state index contributed by atoms with van der Waals surface area (Å²) in [4.78, 5) is 11.4. The minimum Gasteiger partial charge on any atom is -0.383 e. The van der Waals surface area contributed by atoms with E-state index < -0.39 is 0 Å². The number of ether oxygens (including phenoxy) is 1. The van der Waals surface area contributed by atoms with Crippen molar-refractivity contribution in [1.82, 2.24) is 4.57 Å². The third-order valence-electron chi connectivity index (χ3n) is 1.97. The Hall–Kier alpha value is -1.09. The number of hydrogen-bond acceptors (Lipinski definition) is 2. The van der Waals surface area contributed by atoms with Gasteiger partial charge in [-0.15, -0.1) is 0 Å². The number of methoxy groups -OCH3 is 1. The lowest BCUT2D eigenvalue weighted by atomic mass is 10.2. The van der Waals surface area contributed by atoms with E-state index in [2.05, 4.69) is 0 Å². The maximum atomic E-state index is 11.4. The van der Waals surface area contributed by atoms with Gasteiger partial charge in [-0.05, 0) is 12.1 Å². The molecule has 0 spiro atoms. The normalized spacial score (nSPS) is 10.3. The van der Waals surface area contributed by atoms with Gasteiger partial charge < -0.3 is 9.30 Å². The van der Waals surface area contributed by atoms with Gasteiger partial charge in [0.2, 0.25) is 0 Å². The Balaban J connectivity index is 2.71. The maximum absolute atomic E-state index is 11.4. The lowest BCUT2D eigenvalue weighted by Crippen LogP contribution is -2.10. The smallest absolute Gasteiger partial charge is 0.178 e. The van der Waals surface area contributed by atoms with Gasteiger partial charge in [-0.3, -0.25) is 4.79 Å². The van der Waals surface area contributed by atoms with Gasteiger partial charge in [0.1, 0.15) is 0 Å². The molecule has 0 amide bonds. The largest absolute Gasteiger partial charge is 0.383 e. The number of carbonyl (C=O) groups excluding carboxylic acids is 1. The first-order valence-corrected chi connectivity index (χ1v) is 4.47. The molecular weight excluding hydrogens is 166 g/mol. The number of ketones is 1. The summed E-state index contributed by atoms with van der Waals surface area (Å²) in [5, 5.41) is 0. The Morgan fingerprint density at radius 1 is 1.62 bits per heavy atom. The molecule has 0 N–H and O–H groups in total. The highest BCUT2D eigenvalue weighted by atomic mass is 16.5. The van der Waals surface area contributed by atoms with Crippen LogP contribution >= 0.6 is 0 Å². The lowest BCUT2D eigenvalue weighted by Gasteiger charge is -2.06. The van der Waals surface area contributed by atoms with Gasteiger partial charge in [0.15, 0.2) is 5.78 Å². The van der Waals surface area contributed by atoms with E-state index in [1.165, 1.54) is 0 Å². The molecule has 0 aliphatic heterocycles. The van der Waals surface area contributed by atoms with Gasteiger partial charge in [-0.1, -0.05) is 6.92 Å². The van der Waals surface area contributed by atoms with Gasteiger partial charge in [0.05, 0.1) is 12.3 Å². The second kappa shape index (κ2) is 4.82. The molecule has 0 radical (unpaired) electrons. The Kier molecular flexibility index (Phi) is 3.71. The summed E-state index contributed by atoms with van der Waals surface area (Å²) in [6.45, 7) is 3.25. The van der Waals surface area contributed by atoms with Gasteiger partial charge in [-0.25, -0.2) is 0 Å². The molecule has 3 nitrogen and oxygen atoms in total. The second-order valence-corrected chi connectivity index (χ2v) is 2.86. The zero-order chi connectivity index (χ0) is 9.68. The molecule has 0 fully saturated rings. The van der Waals surface area contributed by atoms with Crippen LogP contribution in [-0.4, -0.2) is 24.1 Å². The van der Waals surface area contributed by atoms with E-state index in [1.54, 1.807) is 7.11 Å². The topological polar surface area (TPSA) is 31.2 Å². The van der Waals surface area contributed by atoms with Crippen LogP contribution in [-0.2, 0) is 11.3 Å². The predicted molar refractivity (Wildman–Crippen MR) is 50.9 cm³/mol. The molecule has 0 aliphatic rings. The number of hydrogen-bond donors (Lipinski definition) is 0. The number of carbonyl (C=O) groups is 1. The zero-order valence-corrected chi connectivity index (χ0v) is 8.12. The van der Waals surface area contributed by atoms with E-state index in [9.17, 15) is 4.79 Å². The number of rotatable bonds is 5. The van der Waals surface area contributed by atoms with Crippen molar-refractivity contribution in [2.75, 3.05) is 13.7 Å². The van der Waals surface area contributed by atoms with Gasteiger partial charge >= 0.3 is 0 Å².